The van der Waals surface area contributed by atoms with Gasteiger partial charge in [0.1, 0.15) is 11.6 Å². The Kier molecular flexibility index (Phi) is 7.52. The first-order valence-corrected chi connectivity index (χ1v) is 14.8. The summed E-state index contributed by atoms with van der Waals surface area (Å²) in [5, 5.41) is 15.2. The van der Waals surface area contributed by atoms with Crippen molar-refractivity contribution < 1.29 is 14.3 Å². The number of para-hydroxylation sites is 2. The molecule has 5 rings (SSSR count). The lowest BCUT2D eigenvalue weighted by atomic mass is 9.74. The molecule has 2 aliphatic rings. The number of nitrogens with zero attached hydrogens (tertiary/aromatic N) is 1. The van der Waals surface area contributed by atoms with Crippen LogP contribution in [0.25, 0.3) is 0 Å². The molecular formula is C36H43FN2O2. The topological polar surface area (TPSA) is 52.6 Å². The zero-order valence-corrected chi connectivity index (χ0v) is 25.4. The lowest BCUT2D eigenvalue weighted by Crippen LogP contribution is -2.35. The molecule has 216 valence electrons. The fourth-order valence-corrected chi connectivity index (χ4v) is 6.42. The second-order valence-corrected chi connectivity index (χ2v) is 13.7. The maximum Gasteiger partial charge on any atom is 0.163 e. The van der Waals surface area contributed by atoms with Gasteiger partial charge in [-0.15, -0.1) is 0 Å². The lowest BCUT2D eigenvalue weighted by Gasteiger charge is -2.38. The van der Waals surface area contributed by atoms with E-state index in [0.29, 0.717) is 18.6 Å². The van der Waals surface area contributed by atoms with E-state index in [1.54, 1.807) is 12.1 Å². The Balaban J connectivity index is 1.77. The molecule has 0 amide bonds. The van der Waals surface area contributed by atoms with E-state index >= 15 is 0 Å². The number of benzene rings is 3. The number of Topliss-reactive ketones (excluding diaryl/α,β-unsaturated/α-hetero) is 1. The molecule has 2 N–H and O–H groups in total. The van der Waals surface area contributed by atoms with Crippen LogP contribution in [-0.2, 0) is 15.6 Å². The maximum absolute atomic E-state index is 14.3. The van der Waals surface area contributed by atoms with Crippen LogP contribution in [0.5, 0.6) is 5.75 Å². The Morgan fingerprint density at radius 2 is 1.51 bits per heavy atom. The van der Waals surface area contributed by atoms with E-state index in [1.165, 1.54) is 12.1 Å². The number of aromatic hydroxyl groups is 1. The van der Waals surface area contributed by atoms with Gasteiger partial charge in [0.15, 0.2) is 5.78 Å². The largest absolute Gasteiger partial charge is 0.507 e. The van der Waals surface area contributed by atoms with Gasteiger partial charge < -0.3 is 15.3 Å². The molecule has 41 heavy (non-hydrogen) atoms. The summed E-state index contributed by atoms with van der Waals surface area (Å²) in [6, 6.07) is 18.8. The van der Waals surface area contributed by atoms with Gasteiger partial charge in [-0.05, 0) is 88.2 Å². The minimum Gasteiger partial charge on any atom is -0.507 e. The number of hydrogen-bond donors (Lipinski definition) is 2. The summed E-state index contributed by atoms with van der Waals surface area (Å²) in [4.78, 5) is 16.7. The van der Waals surface area contributed by atoms with E-state index in [2.05, 4.69) is 82.9 Å². The molecule has 5 heteroatoms. The van der Waals surface area contributed by atoms with Crippen LogP contribution in [0.15, 0.2) is 71.9 Å². The number of rotatable bonds is 4. The van der Waals surface area contributed by atoms with Crippen molar-refractivity contribution in [3.8, 4) is 5.75 Å². The molecule has 0 saturated heterocycles. The number of carbonyl (C=O) groups is 1. The normalized spacial score (nSPS) is 19.4. The highest BCUT2D eigenvalue weighted by Crippen LogP contribution is 2.49. The minimum absolute atomic E-state index is 0.0324. The molecule has 0 aromatic heterocycles. The third-order valence-corrected chi connectivity index (χ3v) is 8.46. The molecule has 0 unspecified atom stereocenters. The standard InChI is InChI=1S/C36H43FN2O2/c1-8-17-39-30-12-10-9-11-28(30)38-29-20-23(22-13-15-25(37)16-14-22)21-31(40)32(29)33(39)24-18-26(35(2,3)4)34(41)27(19-24)36(5,6)7/h9-16,18-19,23,33,38,41H,8,17,20-21H2,1-7H3/t23-,33-/m0/s1. The lowest BCUT2D eigenvalue weighted by molar-refractivity contribution is -0.116. The molecule has 1 heterocycles. The van der Waals surface area contributed by atoms with Gasteiger partial charge in [0.2, 0.25) is 0 Å². The molecule has 0 radical (unpaired) electrons. The SMILES string of the molecule is CCCN1c2ccccc2NC2=C(C(=O)C[C@@H](c3ccc(F)cc3)C2)[C@@H]1c1cc(C(C)(C)C)c(O)c(C(C)(C)C)c1. The van der Waals surface area contributed by atoms with Crippen molar-refractivity contribution in [2.45, 2.75) is 90.5 Å². The van der Waals surface area contributed by atoms with Crippen molar-refractivity contribution in [2.24, 2.45) is 0 Å². The first kappa shape index (κ1) is 28.9. The zero-order chi connectivity index (χ0) is 29.7. The summed E-state index contributed by atoms with van der Waals surface area (Å²) in [6.45, 7) is 15.7. The molecule has 1 aliphatic carbocycles. The molecule has 0 fully saturated rings. The van der Waals surface area contributed by atoms with Gasteiger partial charge in [-0.3, -0.25) is 4.79 Å². The number of phenolic OH excluding ortho intramolecular Hbond substituents is 1. The summed E-state index contributed by atoms with van der Waals surface area (Å²) in [5.74, 6) is 0.136. The van der Waals surface area contributed by atoms with Crippen LogP contribution < -0.4 is 10.2 Å². The van der Waals surface area contributed by atoms with Crippen molar-refractivity contribution in [1.82, 2.24) is 0 Å². The van der Waals surface area contributed by atoms with Crippen molar-refractivity contribution in [2.75, 3.05) is 16.8 Å². The molecule has 3 aromatic carbocycles. The van der Waals surface area contributed by atoms with Gasteiger partial charge in [-0.2, -0.15) is 0 Å². The molecule has 0 spiro atoms. The van der Waals surface area contributed by atoms with Crippen LogP contribution in [0, 0.1) is 5.82 Å². The van der Waals surface area contributed by atoms with Crippen molar-refractivity contribution in [3.05, 3.63) is 100 Å². The quantitative estimate of drug-likeness (QED) is 0.338. The molecule has 4 nitrogen and oxygen atoms in total. The van der Waals surface area contributed by atoms with E-state index < -0.39 is 0 Å². The molecular weight excluding hydrogens is 511 g/mol. The third-order valence-electron chi connectivity index (χ3n) is 8.46. The molecule has 0 saturated carbocycles. The Labute approximate surface area is 244 Å². The van der Waals surface area contributed by atoms with Crippen LogP contribution in [0.2, 0.25) is 0 Å². The number of carbonyl (C=O) groups excluding carboxylic acids is 1. The highest BCUT2D eigenvalue weighted by Gasteiger charge is 2.40. The minimum atomic E-state index is -0.314. The van der Waals surface area contributed by atoms with E-state index in [-0.39, 0.29) is 34.4 Å². The van der Waals surface area contributed by atoms with E-state index in [1.807, 2.05) is 12.1 Å². The molecule has 1 aliphatic heterocycles. The van der Waals surface area contributed by atoms with Crippen molar-refractivity contribution >= 4 is 17.2 Å². The van der Waals surface area contributed by atoms with E-state index in [4.69, 9.17) is 0 Å². The Morgan fingerprint density at radius 1 is 0.902 bits per heavy atom. The van der Waals surface area contributed by atoms with Gasteiger partial charge in [-0.25, -0.2) is 4.39 Å². The summed E-state index contributed by atoms with van der Waals surface area (Å²) in [7, 11) is 0. The average molecular weight is 555 g/mol. The van der Waals surface area contributed by atoms with E-state index in [0.717, 1.165) is 57.9 Å². The second kappa shape index (κ2) is 10.7. The highest BCUT2D eigenvalue weighted by molar-refractivity contribution is 6.01. The van der Waals surface area contributed by atoms with Crippen LogP contribution in [-0.4, -0.2) is 17.4 Å². The zero-order valence-electron chi connectivity index (χ0n) is 25.4. The van der Waals surface area contributed by atoms with Crippen LogP contribution in [0.3, 0.4) is 0 Å². The predicted molar refractivity (Wildman–Crippen MR) is 166 cm³/mol. The van der Waals surface area contributed by atoms with Gasteiger partial charge in [0, 0.05) is 24.2 Å². The van der Waals surface area contributed by atoms with Crippen LogP contribution in [0.4, 0.5) is 15.8 Å². The van der Waals surface area contributed by atoms with Crippen molar-refractivity contribution in [1.29, 1.82) is 0 Å². The summed E-state index contributed by atoms with van der Waals surface area (Å²) in [6.07, 6.45) is 1.94. The first-order chi connectivity index (χ1) is 19.3. The maximum atomic E-state index is 14.3. The summed E-state index contributed by atoms with van der Waals surface area (Å²) in [5.41, 5.74) is 6.93. The van der Waals surface area contributed by atoms with Gasteiger partial charge in [0.05, 0.1) is 17.4 Å². The van der Waals surface area contributed by atoms with Gasteiger partial charge in [-0.1, -0.05) is 72.7 Å². The number of halogens is 1. The summed E-state index contributed by atoms with van der Waals surface area (Å²) >= 11 is 0. The highest BCUT2D eigenvalue weighted by atomic mass is 19.1. The van der Waals surface area contributed by atoms with Crippen LogP contribution >= 0.6 is 0 Å². The predicted octanol–water partition coefficient (Wildman–Crippen LogP) is 8.91. The molecule has 0 bridgehead atoms. The smallest absolute Gasteiger partial charge is 0.163 e. The summed E-state index contributed by atoms with van der Waals surface area (Å²) < 4.78 is 13.7. The third kappa shape index (κ3) is 5.51. The van der Waals surface area contributed by atoms with Gasteiger partial charge >= 0.3 is 0 Å². The number of phenols is 1. The molecule has 3 aromatic rings. The Hall–Kier alpha value is -3.60. The number of fused-ring (bicyclic) bond motifs is 1. The first-order valence-electron chi connectivity index (χ1n) is 14.8. The molecule has 2 atom stereocenters. The fraction of sp³-hybridized carbons (Fsp3) is 0.417. The monoisotopic (exact) mass is 554 g/mol. The number of hydrogen-bond acceptors (Lipinski definition) is 4. The number of anilines is 2. The average Bonchev–Trinajstić information content (AvgIpc) is 3.03. The number of ketones is 1. The second-order valence-electron chi connectivity index (χ2n) is 13.7. The van der Waals surface area contributed by atoms with Crippen LogP contribution in [0.1, 0.15) is 102 Å². The van der Waals surface area contributed by atoms with Gasteiger partial charge in [0.25, 0.3) is 0 Å². The van der Waals surface area contributed by atoms with Crippen molar-refractivity contribution in [3.63, 3.8) is 0 Å². The number of allylic oxidation sites excluding steroid dienone is 1. The van der Waals surface area contributed by atoms with E-state index in [9.17, 15) is 14.3 Å². The Morgan fingerprint density at radius 3 is 2.10 bits per heavy atom. The Bertz CT molecular complexity index is 1460. The number of nitrogens with one attached hydrogen (secondary N) is 1. The fourth-order valence-electron chi connectivity index (χ4n) is 6.42.